The molecule has 0 radical (unpaired) electrons. The summed E-state index contributed by atoms with van der Waals surface area (Å²) in [6, 6.07) is 6.29. The molecular formula is C16H17N3O5S. The Labute approximate surface area is 148 Å². The summed E-state index contributed by atoms with van der Waals surface area (Å²) >= 11 is 0.994. The van der Waals surface area contributed by atoms with Gasteiger partial charge in [-0.2, -0.15) is 5.10 Å². The van der Waals surface area contributed by atoms with Crippen molar-refractivity contribution in [3.8, 4) is 5.75 Å². The molecule has 2 rings (SSSR count). The van der Waals surface area contributed by atoms with E-state index in [9.17, 15) is 14.4 Å². The van der Waals surface area contributed by atoms with Gasteiger partial charge in [-0.25, -0.2) is 4.79 Å². The van der Waals surface area contributed by atoms with Gasteiger partial charge in [0.15, 0.2) is 5.04 Å². The van der Waals surface area contributed by atoms with Crippen LogP contribution in [-0.4, -0.2) is 47.5 Å². The Morgan fingerprint density at radius 2 is 2.08 bits per heavy atom. The van der Waals surface area contributed by atoms with E-state index in [1.54, 1.807) is 32.0 Å². The van der Waals surface area contributed by atoms with E-state index in [1.165, 1.54) is 13.2 Å². The molecule has 0 bridgehead atoms. The number of ketones is 1. The molecule has 9 heteroatoms. The largest absolute Gasteiger partial charge is 0.486 e. The van der Waals surface area contributed by atoms with Gasteiger partial charge in [-0.05, 0) is 32.0 Å². The minimum Gasteiger partial charge on any atom is -0.486 e. The van der Waals surface area contributed by atoms with Crippen LogP contribution in [0.3, 0.4) is 0 Å². The molecule has 132 valence electrons. The molecule has 1 aromatic carbocycles. The minimum absolute atomic E-state index is 0.132. The molecule has 1 unspecified atom stereocenters. The van der Waals surface area contributed by atoms with Gasteiger partial charge in [0.2, 0.25) is 5.78 Å². The van der Waals surface area contributed by atoms with Crippen molar-refractivity contribution < 1.29 is 23.9 Å². The topological polar surface area (TPSA) is 106 Å². The van der Waals surface area contributed by atoms with Gasteiger partial charge in [-0.3, -0.25) is 9.59 Å². The van der Waals surface area contributed by atoms with Crippen LogP contribution in [0.15, 0.2) is 34.5 Å². The fourth-order valence-corrected chi connectivity index (χ4v) is 2.64. The van der Waals surface area contributed by atoms with Gasteiger partial charge >= 0.3 is 5.97 Å². The zero-order valence-corrected chi connectivity index (χ0v) is 14.8. The number of benzene rings is 1. The molecule has 25 heavy (non-hydrogen) atoms. The number of esters is 1. The molecule has 1 aromatic rings. The molecule has 1 saturated heterocycles. The molecule has 1 heterocycles. The Morgan fingerprint density at radius 1 is 1.32 bits per heavy atom. The van der Waals surface area contributed by atoms with Crippen LogP contribution in [0.5, 0.6) is 5.75 Å². The lowest BCUT2D eigenvalue weighted by Crippen LogP contribution is -2.35. The second kappa shape index (κ2) is 8.43. The van der Waals surface area contributed by atoms with Crippen molar-refractivity contribution in [3.63, 3.8) is 0 Å². The zero-order chi connectivity index (χ0) is 18.4. The highest BCUT2D eigenvalue weighted by Gasteiger charge is 2.34. The Hall–Kier alpha value is -2.68. The molecule has 0 saturated carbocycles. The summed E-state index contributed by atoms with van der Waals surface area (Å²) in [5.74, 6) is -0.918. The lowest BCUT2D eigenvalue weighted by atomic mass is 10.2. The third-order valence-corrected chi connectivity index (χ3v) is 4.06. The Bertz CT molecular complexity index is 756. The van der Waals surface area contributed by atoms with Gasteiger partial charge in [0.05, 0.1) is 12.7 Å². The molecule has 1 aliphatic rings. The van der Waals surface area contributed by atoms with E-state index in [2.05, 4.69) is 20.3 Å². The van der Waals surface area contributed by atoms with E-state index < -0.39 is 17.3 Å². The van der Waals surface area contributed by atoms with Crippen molar-refractivity contribution >= 4 is 40.2 Å². The number of methoxy groups -OCH3 is 1. The van der Waals surface area contributed by atoms with Crippen LogP contribution in [0, 0.1) is 0 Å². The van der Waals surface area contributed by atoms with Crippen LogP contribution in [0.1, 0.15) is 24.2 Å². The lowest BCUT2D eigenvalue weighted by molar-refractivity contribution is -0.123. The van der Waals surface area contributed by atoms with Gasteiger partial charge in [-0.1, -0.05) is 17.8 Å². The van der Waals surface area contributed by atoms with Crippen molar-refractivity contribution in [1.29, 1.82) is 0 Å². The summed E-state index contributed by atoms with van der Waals surface area (Å²) in [5, 5.41) is 9.50. The minimum atomic E-state index is -0.776. The summed E-state index contributed by atoms with van der Waals surface area (Å²) in [5.41, 5.74) is 1.02. The highest BCUT2D eigenvalue weighted by Crippen LogP contribution is 2.21. The Balaban J connectivity index is 1.95. The van der Waals surface area contributed by atoms with Crippen molar-refractivity contribution in [2.75, 3.05) is 13.7 Å². The smallest absolute Gasteiger partial charge is 0.337 e. The molecule has 0 aromatic heterocycles. The summed E-state index contributed by atoms with van der Waals surface area (Å²) in [6.45, 7) is 3.24. The summed E-state index contributed by atoms with van der Waals surface area (Å²) in [4.78, 5) is 35.4. The summed E-state index contributed by atoms with van der Waals surface area (Å²) in [7, 11) is 1.28. The number of nitrogens with zero attached hydrogens (tertiary/aromatic N) is 2. The SMILES string of the molecule is COC(=O)c1cccc(OCC(=O)C2NC(=O)C(=NN=C(C)C)S2)c1. The van der Waals surface area contributed by atoms with Crippen LogP contribution in [0.2, 0.25) is 0 Å². The predicted molar refractivity (Wildman–Crippen MR) is 94.0 cm³/mol. The number of thioether (sulfide) groups is 1. The van der Waals surface area contributed by atoms with Crippen LogP contribution in [0.4, 0.5) is 0 Å². The van der Waals surface area contributed by atoms with Gasteiger partial charge in [0, 0.05) is 5.71 Å². The number of Topliss-reactive ketones (excluding diaryl/α,β-unsaturated/α-hetero) is 1. The lowest BCUT2D eigenvalue weighted by Gasteiger charge is -2.09. The fourth-order valence-electron chi connectivity index (χ4n) is 1.80. The summed E-state index contributed by atoms with van der Waals surface area (Å²) < 4.78 is 10.0. The molecule has 8 nitrogen and oxygen atoms in total. The molecule has 0 aliphatic carbocycles. The first-order valence-corrected chi connectivity index (χ1v) is 8.19. The van der Waals surface area contributed by atoms with E-state index in [-0.39, 0.29) is 17.4 Å². The average Bonchev–Trinajstić information content (AvgIpc) is 2.98. The number of carbonyl (C=O) groups is 3. The second-order valence-corrected chi connectivity index (χ2v) is 6.29. The number of hydrogen-bond acceptors (Lipinski definition) is 8. The second-order valence-electron chi connectivity index (χ2n) is 5.20. The maximum absolute atomic E-state index is 12.2. The van der Waals surface area contributed by atoms with Gasteiger partial charge in [0.1, 0.15) is 17.7 Å². The van der Waals surface area contributed by atoms with Gasteiger partial charge in [-0.15, -0.1) is 5.10 Å². The molecular weight excluding hydrogens is 346 g/mol. The number of rotatable bonds is 6. The average molecular weight is 363 g/mol. The van der Waals surface area contributed by atoms with E-state index in [1.807, 2.05) is 0 Å². The third-order valence-electron chi connectivity index (χ3n) is 2.96. The van der Waals surface area contributed by atoms with Crippen LogP contribution in [-0.2, 0) is 14.3 Å². The molecule has 1 N–H and O–H groups in total. The Morgan fingerprint density at radius 3 is 2.76 bits per heavy atom. The van der Waals surface area contributed by atoms with Crippen LogP contribution in [0.25, 0.3) is 0 Å². The first-order chi connectivity index (χ1) is 11.9. The zero-order valence-electron chi connectivity index (χ0n) is 13.9. The number of ether oxygens (including phenoxy) is 2. The first-order valence-electron chi connectivity index (χ1n) is 7.31. The molecule has 1 fully saturated rings. The maximum Gasteiger partial charge on any atom is 0.337 e. The van der Waals surface area contributed by atoms with Crippen molar-refractivity contribution in [2.24, 2.45) is 10.2 Å². The standard InChI is InChI=1S/C16H17N3O5S/c1-9(2)18-19-15-13(21)17-14(25-15)12(20)8-24-11-6-4-5-10(7-11)16(22)23-3/h4-7,14H,8H2,1-3H3,(H,17,21). The van der Waals surface area contributed by atoms with Gasteiger partial charge in [0.25, 0.3) is 5.91 Å². The highest BCUT2D eigenvalue weighted by molar-refractivity contribution is 8.17. The summed E-state index contributed by atoms with van der Waals surface area (Å²) in [6.07, 6.45) is 0. The maximum atomic E-state index is 12.2. The fraction of sp³-hybridized carbons (Fsp3) is 0.312. The number of nitrogens with one attached hydrogen (secondary N) is 1. The quantitative estimate of drug-likeness (QED) is 0.465. The third kappa shape index (κ3) is 5.15. The number of amides is 1. The molecule has 1 amide bonds. The molecule has 1 aliphatic heterocycles. The number of hydrogen-bond donors (Lipinski definition) is 1. The van der Waals surface area contributed by atoms with Crippen molar-refractivity contribution in [2.45, 2.75) is 19.2 Å². The monoisotopic (exact) mass is 363 g/mol. The van der Waals surface area contributed by atoms with E-state index in [0.29, 0.717) is 17.0 Å². The van der Waals surface area contributed by atoms with E-state index in [4.69, 9.17) is 4.74 Å². The molecule has 0 spiro atoms. The normalized spacial score (nSPS) is 17.8. The Kier molecular flexibility index (Phi) is 6.29. The van der Waals surface area contributed by atoms with Crippen molar-refractivity contribution in [3.05, 3.63) is 29.8 Å². The van der Waals surface area contributed by atoms with Gasteiger partial charge < -0.3 is 14.8 Å². The van der Waals surface area contributed by atoms with Crippen molar-refractivity contribution in [1.82, 2.24) is 5.32 Å². The van der Waals surface area contributed by atoms with E-state index >= 15 is 0 Å². The van der Waals surface area contributed by atoms with E-state index in [0.717, 1.165) is 11.8 Å². The van der Waals surface area contributed by atoms with Crippen LogP contribution < -0.4 is 10.1 Å². The predicted octanol–water partition coefficient (Wildman–Crippen LogP) is 1.40. The molecule has 1 atom stereocenters. The first kappa shape index (κ1) is 18.7. The highest BCUT2D eigenvalue weighted by atomic mass is 32.2. The number of carbonyl (C=O) groups excluding carboxylic acids is 3. The van der Waals surface area contributed by atoms with Crippen LogP contribution >= 0.6 is 11.8 Å².